The molecule has 2 aromatic heterocycles. The number of anilines is 1. The molecule has 0 atom stereocenters. The number of aromatic nitrogens is 4. The topological polar surface area (TPSA) is 88.7 Å². The molecule has 0 unspecified atom stereocenters. The number of aryl methyl sites for hydroxylation is 3. The third-order valence-electron chi connectivity index (χ3n) is 3.70. The average Bonchev–Trinajstić information content (AvgIpc) is 3.11. The number of rotatable bonds is 5. The third-order valence-corrected chi connectivity index (χ3v) is 4.23. The number of halogens is 1. The number of H-pyrrole nitrogens is 1. The Morgan fingerprint density at radius 1 is 1.36 bits per heavy atom. The molecule has 2 N–H and O–H groups in total. The Kier molecular flexibility index (Phi) is 5.00. The largest absolute Gasteiger partial charge is 0.359 e. The second-order valence-electron chi connectivity index (χ2n) is 5.50. The summed E-state index contributed by atoms with van der Waals surface area (Å²) in [5, 5.41) is 14.3. The fraction of sp³-hybridized carbons (Fsp3) is 0.250. The Labute approximate surface area is 154 Å². The molecule has 0 saturated carbocycles. The first-order valence-electron chi connectivity index (χ1n) is 7.60. The van der Waals surface area contributed by atoms with Crippen molar-refractivity contribution in [3.63, 3.8) is 0 Å². The van der Waals surface area contributed by atoms with Crippen molar-refractivity contribution in [3.8, 4) is 5.69 Å². The molecule has 3 rings (SSSR count). The van der Waals surface area contributed by atoms with Gasteiger partial charge in [-0.3, -0.25) is 14.5 Å². The average molecular weight is 378 g/mol. The zero-order valence-corrected chi connectivity index (χ0v) is 15.2. The highest BCUT2D eigenvalue weighted by Crippen LogP contribution is 2.19. The monoisotopic (exact) mass is 377 g/mol. The van der Waals surface area contributed by atoms with Crippen molar-refractivity contribution in [3.05, 3.63) is 51.3 Å². The van der Waals surface area contributed by atoms with Crippen LogP contribution in [0.1, 0.15) is 23.7 Å². The van der Waals surface area contributed by atoms with Gasteiger partial charge in [0, 0.05) is 23.6 Å². The van der Waals surface area contributed by atoms with E-state index < -0.39 is 0 Å². The molecule has 0 aliphatic carbocycles. The molecule has 0 aliphatic rings. The van der Waals surface area contributed by atoms with E-state index in [9.17, 15) is 4.79 Å². The third kappa shape index (κ3) is 3.80. The highest BCUT2D eigenvalue weighted by molar-refractivity contribution is 7.71. The van der Waals surface area contributed by atoms with Crippen molar-refractivity contribution in [2.24, 2.45) is 0 Å². The molecule has 0 aliphatic heterocycles. The molecular formula is C16H16ClN5O2S. The molecule has 9 heteroatoms. The molecular weight excluding hydrogens is 362 g/mol. The molecule has 25 heavy (non-hydrogen) atoms. The number of benzene rings is 1. The van der Waals surface area contributed by atoms with Crippen LogP contribution in [0.4, 0.5) is 5.69 Å². The summed E-state index contributed by atoms with van der Waals surface area (Å²) in [5.41, 5.74) is 2.10. The summed E-state index contributed by atoms with van der Waals surface area (Å²) in [5.74, 6) is 1.10. The molecule has 0 fully saturated rings. The minimum atomic E-state index is -0.147. The normalized spacial score (nSPS) is 10.8. The van der Waals surface area contributed by atoms with Gasteiger partial charge in [-0.15, -0.1) is 0 Å². The Morgan fingerprint density at radius 2 is 2.08 bits per heavy atom. The fourth-order valence-corrected chi connectivity index (χ4v) is 2.82. The number of amides is 1. The van der Waals surface area contributed by atoms with Crippen LogP contribution in [-0.2, 0) is 11.2 Å². The van der Waals surface area contributed by atoms with E-state index in [0.717, 1.165) is 5.69 Å². The van der Waals surface area contributed by atoms with Crippen molar-refractivity contribution in [1.82, 2.24) is 19.9 Å². The predicted molar refractivity (Wildman–Crippen MR) is 96.7 cm³/mol. The lowest BCUT2D eigenvalue weighted by atomic mass is 10.2. The quantitative estimate of drug-likeness (QED) is 0.661. The van der Waals surface area contributed by atoms with Gasteiger partial charge in [-0.25, -0.2) is 0 Å². The van der Waals surface area contributed by atoms with Crippen molar-refractivity contribution in [1.29, 1.82) is 0 Å². The molecule has 0 bridgehead atoms. The van der Waals surface area contributed by atoms with Crippen LogP contribution in [0.25, 0.3) is 5.69 Å². The Balaban J connectivity index is 1.73. The van der Waals surface area contributed by atoms with Crippen LogP contribution in [0.15, 0.2) is 28.8 Å². The van der Waals surface area contributed by atoms with E-state index in [-0.39, 0.29) is 12.3 Å². The van der Waals surface area contributed by atoms with Crippen molar-refractivity contribution >= 4 is 35.4 Å². The minimum absolute atomic E-state index is 0.147. The lowest BCUT2D eigenvalue weighted by Gasteiger charge is -2.07. The molecule has 0 spiro atoms. The van der Waals surface area contributed by atoms with E-state index >= 15 is 0 Å². The zero-order valence-electron chi connectivity index (χ0n) is 13.7. The van der Waals surface area contributed by atoms with Crippen LogP contribution in [0.5, 0.6) is 0 Å². The standard InChI is InChI=1S/C16H16ClN5O2S/c1-9-15(10(2)24-21-9)18-14(23)8-7-13-19-20-16(25)22(13)12-5-3-11(17)4-6-12/h3-6H,7-8H2,1-2H3,(H,18,23)(H,20,25). The lowest BCUT2D eigenvalue weighted by Crippen LogP contribution is -2.14. The van der Waals surface area contributed by atoms with Crippen LogP contribution in [0, 0.1) is 18.6 Å². The second kappa shape index (κ2) is 7.20. The Hall–Kier alpha value is -2.45. The van der Waals surface area contributed by atoms with Crippen LogP contribution in [0.3, 0.4) is 0 Å². The van der Waals surface area contributed by atoms with Crippen LogP contribution in [0.2, 0.25) is 5.02 Å². The number of hydrogen-bond acceptors (Lipinski definition) is 5. The molecule has 7 nitrogen and oxygen atoms in total. The van der Waals surface area contributed by atoms with Gasteiger partial charge in [0.25, 0.3) is 0 Å². The molecule has 2 heterocycles. The second-order valence-corrected chi connectivity index (χ2v) is 6.33. The van der Waals surface area contributed by atoms with Crippen molar-refractivity contribution in [2.75, 3.05) is 5.32 Å². The van der Waals surface area contributed by atoms with Gasteiger partial charge in [0.2, 0.25) is 5.91 Å². The van der Waals surface area contributed by atoms with E-state index in [1.165, 1.54) is 0 Å². The number of hydrogen-bond donors (Lipinski definition) is 2. The first-order chi connectivity index (χ1) is 12.0. The first-order valence-corrected chi connectivity index (χ1v) is 8.39. The SMILES string of the molecule is Cc1noc(C)c1NC(=O)CCc1n[nH]c(=S)n1-c1ccc(Cl)cc1. The Morgan fingerprint density at radius 3 is 2.72 bits per heavy atom. The van der Waals surface area contributed by atoms with E-state index in [0.29, 0.717) is 39.2 Å². The predicted octanol–water partition coefficient (Wildman–Crippen LogP) is 3.76. The highest BCUT2D eigenvalue weighted by atomic mass is 35.5. The summed E-state index contributed by atoms with van der Waals surface area (Å²) in [4.78, 5) is 12.2. The molecule has 0 radical (unpaired) electrons. The number of nitrogens with one attached hydrogen (secondary N) is 2. The van der Waals surface area contributed by atoms with Gasteiger partial charge in [-0.1, -0.05) is 16.8 Å². The molecule has 1 aromatic carbocycles. The maximum absolute atomic E-state index is 12.2. The fourth-order valence-electron chi connectivity index (χ4n) is 2.44. The van der Waals surface area contributed by atoms with Crippen LogP contribution >= 0.6 is 23.8 Å². The number of carbonyl (C=O) groups is 1. The van der Waals surface area contributed by atoms with Gasteiger partial charge in [-0.2, -0.15) is 5.10 Å². The molecule has 1 amide bonds. The number of nitrogens with zero attached hydrogens (tertiary/aromatic N) is 3. The highest BCUT2D eigenvalue weighted by Gasteiger charge is 2.14. The van der Waals surface area contributed by atoms with E-state index in [4.69, 9.17) is 28.3 Å². The summed E-state index contributed by atoms with van der Waals surface area (Å²) in [6, 6.07) is 7.25. The van der Waals surface area contributed by atoms with E-state index in [1.54, 1.807) is 30.5 Å². The summed E-state index contributed by atoms with van der Waals surface area (Å²) in [6.45, 7) is 3.53. The van der Waals surface area contributed by atoms with Gasteiger partial charge < -0.3 is 9.84 Å². The molecule has 130 valence electrons. The van der Waals surface area contributed by atoms with E-state index in [1.807, 2.05) is 12.1 Å². The number of carbonyl (C=O) groups excluding carboxylic acids is 1. The van der Waals surface area contributed by atoms with Gasteiger partial charge in [-0.05, 0) is 50.3 Å². The molecule has 3 aromatic rings. The lowest BCUT2D eigenvalue weighted by molar-refractivity contribution is -0.116. The summed E-state index contributed by atoms with van der Waals surface area (Å²) >= 11 is 11.2. The number of aromatic amines is 1. The molecule has 0 saturated heterocycles. The van der Waals surface area contributed by atoms with Crippen molar-refractivity contribution < 1.29 is 9.32 Å². The van der Waals surface area contributed by atoms with Gasteiger partial charge in [0.15, 0.2) is 10.5 Å². The van der Waals surface area contributed by atoms with Crippen LogP contribution < -0.4 is 5.32 Å². The van der Waals surface area contributed by atoms with Gasteiger partial charge >= 0.3 is 0 Å². The minimum Gasteiger partial charge on any atom is -0.359 e. The summed E-state index contributed by atoms with van der Waals surface area (Å²) < 4.78 is 7.29. The smallest absolute Gasteiger partial charge is 0.224 e. The maximum atomic E-state index is 12.2. The van der Waals surface area contributed by atoms with Crippen molar-refractivity contribution in [2.45, 2.75) is 26.7 Å². The van der Waals surface area contributed by atoms with E-state index in [2.05, 4.69) is 20.7 Å². The van der Waals surface area contributed by atoms with Gasteiger partial charge in [0.1, 0.15) is 17.2 Å². The summed E-state index contributed by atoms with van der Waals surface area (Å²) in [7, 11) is 0. The van der Waals surface area contributed by atoms with Crippen LogP contribution in [-0.4, -0.2) is 25.8 Å². The zero-order chi connectivity index (χ0) is 18.0. The Bertz CT molecular complexity index is 938. The van der Waals surface area contributed by atoms with Gasteiger partial charge in [0.05, 0.1) is 0 Å². The first kappa shape index (κ1) is 17.4. The summed E-state index contributed by atoms with van der Waals surface area (Å²) in [6.07, 6.45) is 0.669. The maximum Gasteiger partial charge on any atom is 0.224 e.